The predicted molar refractivity (Wildman–Crippen MR) is 136 cm³/mol. The van der Waals surface area contributed by atoms with Gasteiger partial charge in [-0.3, -0.25) is 5.01 Å². The Morgan fingerprint density at radius 3 is 1.42 bits per heavy atom. The van der Waals surface area contributed by atoms with Crippen LogP contribution in [0.1, 0.15) is 22.3 Å². The van der Waals surface area contributed by atoms with Crippen LogP contribution in [0, 0.1) is 0 Å². The molecule has 2 nitrogen and oxygen atoms in total. The van der Waals surface area contributed by atoms with Crippen LogP contribution in [0.15, 0.2) is 121 Å². The third-order valence-corrected chi connectivity index (χ3v) is 7.29. The number of hydrazine groups is 1. The van der Waals surface area contributed by atoms with Crippen molar-refractivity contribution in [2.75, 3.05) is 5.01 Å². The molecule has 156 valence electrons. The number of nitrogens with two attached hydrogens (primary N) is 1. The fourth-order valence-electron chi connectivity index (χ4n) is 5.97. The lowest BCUT2D eigenvalue weighted by Gasteiger charge is -2.31. The second-order valence-corrected chi connectivity index (χ2v) is 8.82. The summed E-state index contributed by atoms with van der Waals surface area (Å²) in [7, 11) is 0. The minimum absolute atomic E-state index is 0.341. The number of hydrogen-bond acceptors (Lipinski definition) is 2. The van der Waals surface area contributed by atoms with Crippen LogP contribution in [-0.2, 0) is 5.41 Å². The SMILES string of the molecule is NN(c1ccccc1)c1ccc2c(c1)C1(c3ccccc3-c3ccccc31)c1ccccc1-2. The summed E-state index contributed by atoms with van der Waals surface area (Å²) >= 11 is 0. The summed E-state index contributed by atoms with van der Waals surface area (Å²) in [6.45, 7) is 0. The molecule has 2 aliphatic rings. The molecule has 0 amide bonds. The Bertz CT molecular complexity index is 1470. The van der Waals surface area contributed by atoms with Crippen molar-refractivity contribution in [2.45, 2.75) is 5.41 Å². The minimum Gasteiger partial charge on any atom is -0.280 e. The Kier molecular flexibility index (Phi) is 3.73. The van der Waals surface area contributed by atoms with E-state index in [1.165, 1.54) is 44.5 Å². The van der Waals surface area contributed by atoms with E-state index in [4.69, 9.17) is 5.84 Å². The zero-order valence-electron chi connectivity index (χ0n) is 18.1. The Balaban J connectivity index is 1.57. The van der Waals surface area contributed by atoms with Crippen molar-refractivity contribution in [3.8, 4) is 22.3 Å². The van der Waals surface area contributed by atoms with Crippen molar-refractivity contribution in [3.05, 3.63) is 144 Å². The number of para-hydroxylation sites is 1. The largest absolute Gasteiger partial charge is 0.280 e. The molecule has 5 aromatic carbocycles. The van der Waals surface area contributed by atoms with Crippen molar-refractivity contribution in [3.63, 3.8) is 0 Å². The highest BCUT2D eigenvalue weighted by atomic mass is 15.4. The van der Waals surface area contributed by atoms with Crippen molar-refractivity contribution >= 4 is 11.4 Å². The maximum Gasteiger partial charge on any atom is 0.0726 e. The van der Waals surface area contributed by atoms with E-state index in [9.17, 15) is 0 Å². The third kappa shape index (κ3) is 2.31. The summed E-state index contributed by atoms with van der Waals surface area (Å²) in [4.78, 5) is 0. The molecule has 0 aliphatic heterocycles. The van der Waals surface area contributed by atoms with Gasteiger partial charge in [-0.05, 0) is 68.8 Å². The van der Waals surface area contributed by atoms with Gasteiger partial charge in [0.05, 0.1) is 16.8 Å². The van der Waals surface area contributed by atoms with Crippen molar-refractivity contribution in [1.82, 2.24) is 0 Å². The molecular formula is C31H22N2. The molecule has 1 spiro atoms. The summed E-state index contributed by atoms with van der Waals surface area (Å²) < 4.78 is 0. The maximum absolute atomic E-state index is 6.63. The van der Waals surface area contributed by atoms with Gasteiger partial charge in [0, 0.05) is 0 Å². The first-order valence-electron chi connectivity index (χ1n) is 11.3. The quantitative estimate of drug-likeness (QED) is 0.239. The van der Waals surface area contributed by atoms with Gasteiger partial charge in [0.1, 0.15) is 0 Å². The fraction of sp³-hybridized carbons (Fsp3) is 0.0323. The summed E-state index contributed by atoms with van der Waals surface area (Å²) in [6, 6.07) is 43.4. The number of fused-ring (bicyclic) bond motifs is 10. The van der Waals surface area contributed by atoms with E-state index in [-0.39, 0.29) is 5.41 Å². The van der Waals surface area contributed by atoms with Gasteiger partial charge in [0.25, 0.3) is 0 Å². The van der Waals surface area contributed by atoms with Crippen LogP contribution in [0.3, 0.4) is 0 Å². The Morgan fingerprint density at radius 2 is 0.879 bits per heavy atom. The average molecular weight is 423 g/mol. The lowest BCUT2D eigenvalue weighted by atomic mass is 9.70. The van der Waals surface area contributed by atoms with Crippen LogP contribution in [-0.4, -0.2) is 0 Å². The van der Waals surface area contributed by atoms with E-state index >= 15 is 0 Å². The third-order valence-electron chi connectivity index (χ3n) is 7.29. The van der Waals surface area contributed by atoms with Crippen LogP contribution < -0.4 is 10.9 Å². The first kappa shape index (κ1) is 18.4. The van der Waals surface area contributed by atoms with Crippen LogP contribution >= 0.6 is 0 Å². The van der Waals surface area contributed by atoms with E-state index in [1.54, 1.807) is 5.01 Å². The first-order valence-corrected chi connectivity index (χ1v) is 11.3. The normalized spacial score (nSPS) is 13.8. The van der Waals surface area contributed by atoms with Gasteiger partial charge >= 0.3 is 0 Å². The van der Waals surface area contributed by atoms with E-state index in [0.29, 0.717) is 0 Å². The molecule has 0 saturated heterocycles. The van der Waals surface area contributed by atoms with Crippen molar-refractivity contribution in [2.24, 2.45) is 5.84 Å². The second kappa shape index (κ2) is 6.68. The Morgan fingerprint density at radius 1 is 0.424 bits per heavy atom. The highest BCUT2D eigenvalue weighted by molar-refractivity contribution is 5.95. The number of rotatable bonds is 2. The van der Waals surface area contributed by atoms with Crippen molar-refractivity contribution < 1.29 is 0 Å². The molecule has 5 aromatic rings. The Labute approximate surface area is 193 Å². The topological polar surface area (TPSA) is 29.3 Å². The molecule has 2 N–H and O–H groups in total. The lowest BCUT2D eigenvalue weighted by molar-refractivity contribution is 0.793. The average Bonchev–Trinajstić information content (AvgIpc) is 3.36. The first-order chi connectivity index (χ1) is 16.3. The van der Waals surface area contributed by atoms with Crippen molar-refractivity contribution in [1.29, 1.82) is 0 Å². The molecule has 2 heteroatoms. The Hall–Kier alpha value is -4.14. The summed E-state index contributed by atoms with van der Waals surface area (Å²) in [5.41, 5.74) is 12.1. The molecule has 0 atom stereocenters. The van der Waals surface area contributed by atoms with Gasteiger partial charge in [-0.1, -0.05) is 97.1 Å². The summed E-state index contributed by atoms with van der Waals surface area (Å²) in [6.07, 6.45) is 0. The van der Waals surface area contributed by atoms with Crippen LogP contribution in [0.4, 0.5) is 11.4 Å². The van der Waals surface area contributed by atoms with Gasteiger partial charge in [0.2, 0.25) is 0 Å². The van der Waals surface area contributed by atoms with Gasteiger partial charge in [-0.15, -0.1) is 0 Å². The molecule has 0 aromatic heterocycles. The number of benzene rings is 5. The molecule has 0 unspecified atom stereocenters. The zero-order valence-corrected chi connectivity index (χ0v) is 18.1. The highest BCUT2D eigenvalue weighted by Gasteiger charge is 2.51. The molecule has 0 saturated carbocycles. The maximum atomic E-state index is 6.63. The smallest absolute Gasteiger partial charge is 0.0726 e. The van der Waals surface area contributed by atoms with E-state index in [1.807, 2.05) is 30.3 Å². The lowest BCUT2D eigenvalue weighted by Crippen LogP contribution is -2.28. The zero-order chi connectivity index (χ0) is 22.0. The second-order valence-electron chi connectivity index (χ2n) is 8.82. The van der Waals surface area contributed by atoms with Gasteiger partial charge < -0.3 is 0 Å². The molecule has 0 heterocycles. The van der Waals surface area contributed by atoms with Gasteiger partial charge in [-0.25, -0.2) is 5.84 Å². The van der Waals surface area contributed by atoms with E-state index in [0.717, 1.165) is 11.4 Å². The molecule has 33 heavy (non-hydrogen) atoms. The van der Waals surface area contributed by atoms with E-state index < -0.39 is 0 Å². The molecule has 0 fully saturated rings. The minimum atomic E-state index is -0.341. The highest BCUT2D eigenvalue weighted by Crippen LogP contribution is 2.62. The predicted octanol–water partition coefficient (Wildman–Crippen LogP) is 7.04. The molecular weight excluding hydrogens is 400 g/mol. The summed E-state index contributed by atoms with van der Waals surface area (Å²) in [5.74, 6) is 6.63. The van der Waals surface area contributed by atoms with Crippen LogP contribution in [0.25, 0.3) is 22.3 Å². The standard InChI is InChI=1S/C31H22N2/c32-33(21-10-2-1-3-11-21)22-18-19-26-25-14-6-9-17-29(25)31(30(26)20-22)27-15-7-4-12-23(27)24-13-5-8-16-28(24)31/h1-20H,32H2. The van der Waals surface area contributed by atoms with E-state index in [2.05, 4.69) is 91.0 Å². The molecule has 2 aliphatic carbocycles. The molecule has 0 bridgehead atoms. The molecule has 0 radical (unpaired) electrons. The molecule has 7 rings (SSSR count). The monoisotopic (exact) mass is 422 g/mol. The fourth-order valence-corrected chi connectivity index (χ4v) is 5.97. The number of anilines is 2. The summed E-state index contributed by atoms with van der Waals surface area (Å²) in [5, 5.41) is 1.78. The van der Waals surface area contributed by atoms with Gasteiger partial charge in [-0.2, -0.15) is 0 Å². The number of hydrogen-bond donors (Lipinski definition) is 1. The van der Waals surface area contributed by atoms with Crippen LogP contribution in [0.2, 0.25) is 0 Å². The number of nitrogens with zero attached hydrogens (tertiary/aromatic N) is 1. The van der Waals surface area contributed by atoms with Crippen LogP contribution in [0.5, 0.6) is 0 Å². The van der Waals surface area contributed by atoms with Gasteiger partial charge in [0.15, 0.2) is 0 Å².